The molecule has 2 aromatic carbocycles. The molecule has 0 spiro atoms. The van der Waals surface area contributed by atoms with Crippen LogP contribution in [-0.4, -0.2) is 56.6 Å². The maximum Gasteiger partial charge on any atom is 0.257 e. The number of rotatable bonds is 4. The topological polar surface area (TPSA) is 75.9 Å². The van der Waals surface area contributed by atoms with E-state index in [1.165, 1.54) is 6.33 Å². The number of benzene rings is 2. The predicted octanol–water partition coefficient (Wildman–Crippen LogP) is 3.95. The van der Waals surface area contributed by atoms with E-state index in [1.807, 2.05) is 66.4 Å². The van der Waals surface area contributed by atoms with Crippen molar-refractivity contribution in [3.63, 3.8) is 0 Å². The number of amides is 1. The zero-order valence-electron chi connectivity index (χ0n) is 17.5. The molecule has 9 heteroatoms. The summed E-state index contributed by atoms with van der Waals surface area (Å²) in [5.41, 5.74) is 1.44. The van der Waals surface area contributed by atoms with Crippen molar-refractivity contribution in [1.82, 2.24) is 24.5 Å². The molecule has 0 radical (unpaired) electrons. The number of para-hydroxylation sites is 1. The lowest BCUT2D eigenvalue weighted by Gasteiger charge is -2.36. The second-order valence-electron chi connectivity index (χ2n) is 7.56. The summed E-state index contributed by atoms with van der Waals surface area (Å²) in [4.78, 5) is 26.0. The number of carbonyl (C=O) groups excluding carboxylic acids is 1. The van der Waals surface area contributed by atoms with Crippen LogP contribution in [0.1, 0.15) is 16.1 Å². The number of anilines is 1. The van der Waals surface area contributed by atoms with Crippen LogP contribution in [0.2, 0.25) is 0 Å². The number of hydrogen-bond acceptors (Lipinski definition) is 6. The molecule has 2 aromatic heterocycles. The molecule has 0 saturated carbocycles. The van der Waals surface area contributed by atoms with Gasteiger partial charge in [-0.15, -0.1) is 0 Å². The molecule has 162 valence electrons. The van der Waals surface area contributed by atoms with Crippen LogP contribution in [0, 0.1) is 6.92 Å². The van der Waals surface area contributed by atoms with Crippen LogP contribution in [0.4, 0.5) is 5.82 Å². The van der Waals surface area contributed by atoms with E-state index in [-0.39, 0.29) is 5.91 Å². The second-order valence-corrected chi connectivity index (χ2v) is 8.48. The van der Waals surface area contributed by atoms with Gasteiger partial charge in [0.2, 0.25) is 0 Å². The van der Waals surface area contributed by atoms with Gasteiger partial charge in [-0.2, -0.15) is 14.6 Å². The highest BCUT2D eigenvalue weighted by Crippen LogP contribution is 2.28. The summed E-state index contributed by atoms with van der Waals surface area (Å²) in [6.45, 7) is 4.53. The Bertz CT molecular complexity index is 1280. The highest BCUT2D eigenvalue weighted by molar-refractivity contribution is 9.10. The molecule has 32 heavy (non-hydrogen) atoms. The summed E-state index contributed by atoms with van der Waals surface area (Å²) in [5.74, 6) is 2.71. The minimum absolute atomic E-state index is 0.0351. The molecule has 4 aromatic rings. The van der Waals surface area contributed by atoms with Crippen LogP contribution in [0.3, 0.4) is 0 Å². The van der Waals surface area contributed by atoms with Crippen LogP contribution in [0.25, 0.3) is 5.78 Å². The molecule has 1 aliphatic rings. The molecule has 5 rings (SSSR count). The molecule has 0 N–H and O–H groups in total. The number of halogens is 1. The normalized spacial score (nSPS) is 14.1. The first-order valence-corrected chi connectivity index (χ1v) is 11.1. The van der Waals surface area contributed by atoms with Crippen molar-refractivity contribution in [2.24, 2.45) is 0 Å². The fraction of sp³-hybridized carbons (Fsp3) is 0.217. The molecule has 0 bridgehead atoms. The van der Waals surface area contributed by atoms with Gasteiger partial charge in [0.05, 0.1) is 5.56 Å². The minimum atomic E-state index is -0.0351. The summed E-state index contributed by atoms with van der Waals surface area (Å²) < 4.78 is 8.69. The molecular formula is C23H21BrN6O2. The van der Waals surface area contributed by atoms with Gasteiger partial charge in [0.15, 0.2) is 0 Å². The van der Waals surface area contributed by atoms with Crippen molar-refractivity contribution in [2.75, 3.05) is 31.1 Å². The Balaban J connectivity index is 1.32. The maximum atomic E-state index is 13.3. The first kappa shape index (κ1) is 20.4. The van der Waals surface area contributed by atoms with E-state index in [9.17, 15) is 4.79 Å². The highest BCUT2D eigenvalue weighted by Gasteiger charge is 2.26. The number of fused-ring (bicyclic) bond motifs is 1. The average Bonchev–Trinajstić information content (AvgIpc) is 3.27. The lowest BCUT2D eigenvalue weighted by molar-refractivity contribution is 0.0744. The van der Waals surface area contributed by atoms with Crippen molar-refractivity contribution >= 4 is 33.4 Å². The molecule has 1 aliphatic heterocycles. The van der Waals surface area contributed by atoms with Gasteiger partial charge in [0.1, 0.15) is 23.6 Å². The Morgan fingerprint density at radius 1 is 1.03 bits per heavy atom. The van der Waals surface area contributed by atoms with Gasteiger partial charge in [0, 0.05) is 42.4 Å². The first-order valence-electron chi connectivity index (χ1n) is 10.3. The Morgan fingerprint density at radius 3 is 2.66 bits per heavy atom. The lowest BCUT2D eigenvalue weighted by atomic mass is 10.1. The number of piperazine rings is 1. The van der Waals surface area contributed by atoms with Gasteiger partial charge in [0.25, 0.3) is 11.7 Å². The number of ether oxygens (including phenoxy) is 1. The van der Waals surface area contributed by atoms with E-state index in [0.717, 1.165) is 16.0 Å². The van der Waals surface area contributed by atoms with E-state index in [4.69, 9.17) is 4.74 Å². The average molecular weight is 493 g/mol. The van der Waals surface area contributed by atoms with E-state index >= 15 is 0 Å². The SMILES string of the molecule is Cc1cc(N2CCN(C(=O)c3ccccc3Oc3cccc(Br)c3)CC2)n2ncnc2n1. The third-order valence-electron chi connectivity index (χ3n) is 5.39. The van der Waals surface area contributed by atoms with Crippen molar-refractivity contribution in [2.45, 2.75) is 6.92 Å². The van der Waals surface area contributed by atoms with Crippen LogP contribution < -0.4 is 9.64 Å². The monoisotopic (exact) mass is 492 g/mol. The van der Waals surface area contributed by atoms with Crippen molar-refractivity contribution in [3.8, 4) is 11.5 Å². The highest BCUT2D eigenvalue weighted by atomic mass is 79.9. The molecule has 0 atom stereocenters. The van der Waals surface area contributed by atoms with Gasteiger partial charge in [-0.25, -0.2) is 4.98 Å². The van der Waals surface area contributed by atoms with Crippen molar-refractivity contribution < 1.29 is 9.53 Å². The zero-order valence-corrected chi connectivity index (χ0v) is 19.1. The maximum absolute atomic E-state index is 13.3. The Morgan fingerprint density at radius 2 is 1.84 bits per heavy atom. The Hall–Kier alpha value is -3.46. The minimum Gasteiger partial charge on any atom is -0.456 e. The van der Waals surface area contributed by atoms with Gasteiger partial charge >= 0.3 is 0 Å². The standard InChI is InChI=1S/C23H21BrN6O2/c1-16-13-21(30-23(27-16)25-15-26-30)28-9-11-29(12-10-28)22(31)19-7-2-3-8-20(19)32-18-6-4-5-17(24)14-18/h2-8,13-15H,9-12H2,1H3. The Kier molecular flexibility index (Phi) is 5.48. The van der Waals surface area contributed by atoms with Gasteiger partial charge in [-0.05, 0) is 37.3 Å². The first-order chi connectivity index (χ1) is 15.6. The molecule has 1 fully saturated rings. The fourth-order valence-corrected chi connectivity index (χ4v) is 4.21. The van der Waals surface area contributed by atoms with Crippen molar-refractivity contribution in [1.29, 1.82) is 0 Å². The van der Waals surface area contributed by atoms with Crippen LogP contribution in [-0.2, 0) is 0 Å². The van der Waals surface area contributed by atoms with E-state index in [2.05, 4.69) is 35.9 Å². The lowest BCUT2D eigenvalue weighted by Crippen LogP contribution is -2.49. The van der Waals surface area contributed by atoms with E-state index in [1.54, 1.807) is 4.52 Å². The summed E-state index contributed by atoms with van der Waals surface area (Å²) in [6, 6.07) is 16.9. The van der Waals surface area contributed by atoms with Crippen LogP contribution in [0.15, 0.2) is 65.4 Å². The zero-order chi connectivity index (χ0) is 22.1. The van der Waals surface area contributed by atoms with Crippen LogP contribution >= 0.6 is 15.9 Å². The van der Waals surface area contributed by atoms with Crippen LogP contribution in [0.5, 0.6) is 11.5 Å². The molecule has 8 nitrogen and oxygen atoms in total. The quantitative estimate of drug-likeness (QED) is 0.429. The molecule has 3 heterocycles. The number of carbonyl (C=O) groups is 1. The van der Waals surface area contributed by atoms with Crippen molar-refractivity contribution in [3.05, 3.63) is 76.7 Å². The number of hydrogen-bond donors (Lipinski definition) is 0. The smallest absolute Gasteiger partial charge is 0.257 e. The summed E-state index contributed by atoms with van der Waals surface area (Å²) in [7, 11) is 0. The van der Waals surface area contributed by atoms with E-state index < -0.39 is 0 Å². The summed E-state index contributed by atoms with van der Waals surface area (Å²) in [5, 5.41) is 4.30. The fourth-order valence-electron chi connectivity index (χ4n) is 3.84. The summed E-state index contributed by atoms with van der Waals surface area (Å²) in [6.07, 6.45) is 1.51. The van der Waals surface area contributed by atoms with Gasteiger partial charge < -0.3 is 14.5 Å². The number of aryl methyl sites for hydroxylation is 1. The third kappa shape index (κ3) is 4.03. The molecular weight excluding hydrogens is 472 g/mol. The largest absolute Gasteiger partial charge is 0.456 e. The van der Waals surface area contributed by atoms with Gasteiger partial charge in [-0.3, -0.25) is 4.79 Å². The molecule has 0 aliphatic carbocycles. The van der Waals surface area contributed by atoms with Gasteiger partial charge in [-0.1, -0.05) is 34.1 Å². The third-order valence-corrected chi connectivity index (χ3v) is 5.89. The number of nitrogens with zero attached hydrogens (tertiary/aromatic N) is 6. The Labute approximate surface area is 193 Å². The molecule has 1 saturated heterocycles. The molecule has 0 unspecified atom stereocenters. The second kappa shape index (κ2) is 8.58. The molecule has 1 amide bonds. The number of aromatic nitrogens is 4. The predicted molar refractivity (Wildman–Crippen MR) is 124 cm³/mol. The van der Waals surface area contributed by atoms with E-state index in [0.29, 0.717) is 49.0 Å². The summed E-state index contributed by atoms with van der Waals surface area (Å²) >= 11 is 3.45.